The Hall–Kier alpha value is -1.47. The first-order valence-electron chi connectivity index (χ1n) is 41.9. The number of unbranched alkanes of at least 4 members (excludes halogenated alkanes) is 52. The van der Waals surface area contributed by atoms with Crippen LogP contribution in [-0.4, -0.2) is 193 Å². The molecule has 1 amide bonds. The fourth-order valence-electron chi connectivity index (χ4n) is 14.6. The average molecular weight is 1430 g/mol. The Kier molecular flexibility index (Phi) is 58.0. The van der Waals surface area contributed by atoms with Crippen LogP contribution in [0.4, 0.5) is 0 Å². The summed E-state index contributed by atoms with van der Waals surface area (Å²) in [5.74, 6) is -0.266. The summed E-state index contributed by atoms with van der Waals surface area (Å²) in [6, 6.07) is -0.970. The molecule has 0 aliphatic carbocycles. The first kappa shape index (κ1) is 92.7. The lowest BCUT2D eigenvalue weighted by Crippen LogP contribution is -2.66. The van der Waals surface area contributed by atoms with Crippen molar-refractivity contribution in [1.29, 1.82) is 0 Å². The van der Waals surface area contributed by atoms with Gasteiger partial charge in [-0.05, 0) is 19.3 Å². The highest BCUT2D eigenvalue weighted by Crippen LogP contribution is 2.33. The summed E-state index contributed by atoms with van der Waals surface area (Å²) in [6.07, 6.45) is 47.8. The molecule has 0 aromatic heterocycles. The van der Waals surface area contributed by atoms with Crippen molar-refractivity contribution in [1.82, 2.24) is 5.32 Å². The summed E-state index contributed by atoms with van der Waals surface area (Å²) in [5, 5.41) is 121. The average Bonchev–Trinajstić information content (AvgIpc) is 0.783. The number of nitrogens with one attached hydrogen (secondary N) is 1. The lowest BCUT2D eigenvalue weighted by Gasteiger charge is -2.48. The highest BCUT2D eigenvalue weighted by atomic mass is 16.8. The molecular formula is C81H155NO18. The minimum absolute atomic E-state index is 0.250. The van der Waals surface area contributed by atoms with Gasteiger partial charge < -0.3 is 89.9 Å². The van der Waals surface area contributed by atoms with Crippen molar-refractivity contribution < 1.29 is 89.4 Å². The Bertz CT molecular complexity index is 1850. The van der Waals surface area contributed by atoms with Gasteiger partial charge >= 0.3 is 0 Å². The second-order valence-electron chi connectivity index (χ2n) is 30.3. The van der Waals surface area contributed by atoms with Gasteiger partial charge in [0.2, 0.25) is 5.91 Å². The second-order valence-corrected chi connectivity index (χ2v) is 30.3. The molecule has 3 fully saturated rings. The number of carbonyl (C=O) groups is 1. The van der Waals surface area contributed by atoms with E-state index in [0.717, 1.165) is 44.9 Å². The Labute approximate surface area is 607 Å². The molecule has 0 saturated carbocycles. The Morgan fingerprint density at radius 3 is 0.940 bits per heavy atom. The minimum Gasteiger partial charge on any atom is -0.394 e. The van der Waals surface area contributed by atoms with Crippen LogP contribution in [0, 0.1) is 0 Å². The first-order chi connectivity index (χ1) is 48.8. The van der Waals surface area contributed by atoms with Crippen LogP contribution < -0.4 is 5.32 Å². The quantitative estimate of drug-likeness (QED) is 0.0199. The van der Waals surface area contributed by atoms with Crippen LogP contribution in [-0.2, 0) is 33.2 Å². The number of carbonyl (C=O) groups excluding carboxylic acids is 1. The predicted octanol–water partition coefficient (Wildman–Crippen LogP) is 14.3. The van der Waals surface area contributed by atoms with Gasteiger partial charge in [-0.2, -0.15) is 0 Å². The van der Waals surface area contributed by atoms with E-state index in [1.807, 2.05) is 6.08 Å². The SMILES string of the molecule is CCCCCCCCCCCCCCCCCCCCCCCCCCCCC/C=C/C(O)C(COC1OC(CO)C(OC2OC(CO)C(OC3OC(CO)C(O)C(O)C3O)C(O)C2O)C(O)C1O)NC(=O)CCCCCCCCCCCCCCCCCCCCCCCCCCCC. The lowest BCUT2D eigenvalue weighted by atomic mass is 9.96. The Balaban J connectivity index is 1.36. The highest BCUT2D eigenvalue weighted by Gasteiger charge is 2.54. The van der Waals surface area contributed by atoms with Crippen molar-refractivity contribution in [2.75, 3.05) is 26.4 Å². The van der Waals surface area contributed by atoms with E-state index in [1.165, 1.54) is 295 Å². The molecule has 3 saturated heterocycles. The summed E-state index contributed by atoms with van der Waals surface area (Å²) < 4.78 is 34.5. The number of aliphatic hydroxyl groups excluding tert-OH is 11. The zero-order valence-corrected chi connectivity index (χ0v) is 63.5. The molecule has 0 aromatic rings. The topological polar surface area (TPSA) is 307 Å². The van der Waals surface area contributed by atoms with Crippen LogP contribution in [0.3, 0.4) is 0 Å². The van der Waals surface area contributed by atoms with E-state index in [9.17, 15) is 61.0 Å². The molecule has 3 aliphatic heterocycles. The largest absolute Gasteiger partial charge is 0.394 e. The van der Waals surface area contributed by atoms with Gasteiger partial charge in [-0.1, -0.05) is 353 Å². The summed E-state index contributed by atoms with van der Waals surface area (Å²) in [4.78, 5) is 13.5. The van der Waals surface area contributed by atoms with Gasteiger partial charge in [-0.3, -0.25) is 4.79 Å². The van der Waals surface area contributed by atoms with E-state index in [2.05, 4.69) is 19.2 Å². The number of allylic oxidation sites excluding steroid dienone is 1. The summed E-state index contributed by atoms with van der Waals surface area (Å²) in [6.45, 7) is 1.81. The number of aliphatic hydroxyl groups is 11. The molecule has 19 heteroatoms. The van der Waals surface area contributed by atoms with Gasteiger partial charge in [0.1, 0.15) is 73.2 Å². The van der Waals surface area contributed by atoms with E-state index in [4.69, 9.17) is 28.4 Å². The van der Waals surface area contributed by atoms with Crippen LogP contribution in [0.25, 0.3) is 0 Å². The highest BCUT2D eigenvalue weighted by molar-refractivity contribution is 5.76. The predicted molar refractivity (Wildman–Crippen MR) is 397 cm³/mol. The normalized spacial score (nSPS) is 26.4. The third-order valence-electron chi connectivity index (χ3n) is 21.3. The first-order valence-corrected chi connectivity index (χ1v) is 41.9. The standard InChI is InChI=1S/C81H155NO18/c1-3-5-7-9-11-13-15-17-19-21-23-25-27-29-31-32-33-34-36-38-40-42-44-46-48-50-52-54-56-58-65(86)64(82-69(87)59-57-55-53-51-49-47-45-43-41-39-37-35-30-28-26-24-22-20-18-16-14-12-10-8-6-4-2)63-95-79-75(93)72(90)77(67(61-84)97-79)100-81-76(94)73(91)78(68(62-85)98-81)99-80-74(92)71(89)70(88)66(60-83)96-80/h56,58,64-68,70-81,83-86,88-94H,3-55,57,59-63H2,1-2H3,(H,82,87)/b58-56+. The fourth-order valence-corrected chi connectivity index (χ4v) is 14.6. The fraction of sp³-hybridized carbons (Fsp3) is 0.963. The molecule has 19 nitrogen and oxygen atoms in total. The van der Waals surface area contributed by atoms with E-state index >= 15 is 0 Å². The number of amides is 1. The third-order valence-corrected chi connectivity index (χ3v) is 21.3. The van der Waals surface area contributed by atoms with Crippen molar-refractivity contribution in [3.05, 3.63) is 12.2 Å². The van der Waals surface area contributed by atoms with Crippen molar-refractivity contribution >= 4 is 5.91 Å². The maximum atomic E-state index is 13.5. The second kappa shape index (κ2) is 62.6. The summed E-state index contributed by atoms with van der Waals surface area (Å²) in [5.41, 5.74) is 0. The van der Waals surface area contributed by atoms with Crippen LogP contribution in [0.15, 0.2) is 12.2 Å². The van der Waals surface area contributed by atoms with Gasteiger partial charge in [0.15, 0.2) is 18.9 Å². The van der Waals surface area contributed by atoms with Crippen LogP contribution in [0.5, 0.6) is 0 Å². The Morgan fingerprint density at radius 2 is 0.620 bits per heavy atom. The van der Waals surface area contributed by atoms with E-state index in [0.29, 0.717) is 6.42 Å². The maximum absolute atomic E-state index is 13.5. The zero-order valence-electron chi connectivity index (χ0n) is 63.5. The molecule has 17 atom stereocenters. The van der Waals surface area contributed by atoms with E-state index in [-0.39, 0.29) is 18.9 Å². The molecule has 100 heavy (non-hydrogen) atoms. The molecule has 17 unspecified atom stereocenters. The number of hydrogen-bond acceptors (Lipinski definition) is 18. The van der Waals surface area contributed by atoms with Gasteiger partial charge in [0.25, 0.3) is 0 Å². The molecule has 3 heterocycles. The van der Waals surface area contributed by atoms with Gasteiger partial charge in [-0.25, -0.2) is 0 Å². The van der Waals surface area contributed by atoms with Crippen LogP contribution >= 0.6 is 0 Å². The van der Waals surface area contributed by atoms with Crippen LogP contribution in [0.2, 0.25) is 0 Å². The molecule has 3 aliphatic rings. The molecule has 12 N–H and O–H groups in total. The van der Waals surface area contributed by atoms with Gasteiger partial charge in [-0.15, -0.1) is 0 Å². The molecule has 0 aromatic carbocycles. The smallest absolute Gasteiger partial charge is 0.220 e. The maximum Gasteiger partial charge on any atom is 0.220 e. The third kappa shape index (κ3) is 42.2. The van der Waals surface area contributed by atoms with Crippen molar-refractivity contribution in [2.45, 2.75) is 471 Å². The summed E-state index contributed by atoms with van der Waals surface area (Å²) in [7, 11) is 0. The van der Waals surface area contributed by atoms with Crippen molar-refractivity contribution in [3.8, 4) is 0 Å². The van der Waals surface area contributed by atoms with Gasteiger partial charge in [0.05, 0.1) is 38.6 Å². The van der Waals surface area contributed by atoms with Crippen molar-refractivity contribution in [2.24, 2.45) is 0 Å². The molecule has 0 radical (unpaired) electrons. The molecule has 592 valence electrons. The van der Waals surface area contributed by atoms with E-state index in [1.54, 1.807) is 6.08 Å². The monoisotopic (exact) mass is 1430 g/mol. The van der Waals surface area contributed by atoms with Crippen molar-refractivity contribution in [3.63, 3.8) is 0 Å². The molecule has 3 rings (SSSR count). The zero-order chi connectivity index (χ0) is 72.5. The summed E-state index contributed by atoms with van der Waals surface area (Å²) >= 11 is 0. The van der Waals surface area contributed by atoms with Gasteiger partial charge in [0, 0.05) is 6.42 Å². The molecule has 0 spiro atoms. The van der Waals surface area contributed by atoms with E-state index < -0.39 is 124 Å². The molecule has 0 bridgehead atoms. The Morgan fingerprint density at radius 1 is 0.350 bits per heavy atom. The molecular weight excluding hydrogens is 1270 g/mol. The van der Waals surface area contributed by atoms with Crippen LogP contribution in [0.1, 0.15) is 367 Å². The minimum atomic E-state index is -1.98. The number of ether oxygens (including phenoxy) is 6. The lowest BCUT2D eigenvalue weighted by molar-refractivity contribution is -0.379. The number of rotatable bonds is 68. The number of hydrogen-bond donors (Lipinski definition) is 12.